The first-order chi connectivity index (χ1) is 7.14. The molecule has 0 heterocycles. The summed E-state index contributed by atoms with van der Waals surface area (Å²) in [4.78, 5) is 0. The minimum absolute atomic E-state index is 0.0343. The lowest BCUT2D eigenvalue weighted by Gasteiger charge is -2.28. The maximum atomic E-state index is 10.4. The molecule has 0 aromatic heterocycles. The molecule has 1 heteroatoms. The van der Waals surface area contributed by atoms with E-state index in [1.807, 2.05) is 6.08 Å². The van der Waals surface area contributed by atoms with Crippen molar-refractivity contribution >= 4 is 0 Å². The van der Waals surface area contributed by atoms with Crippen LogP contribution in [0.2, 0.25) is 0 Å². The fourth-order valence-electron chi connectivity index (χ4n) is 1.77. The number of allylic oxidation sites excluding steroid dienone is 3. The third kappa shape index (κ3) is 2.70. The molecule has 0 bridgehead atoms. The summed E-state index contributed by atoms with van der Waals surface area (Å²) in [5.74, 6) is 6.54. The Hall–Kier alpha value is -1.16. The van der Waals surface area contributed by atoms with Crippen molar-refractivity contribution in [1.29, 1.82) is 0 Å². The topological polar surface area (TPSA) is 20.2 Å². The van der Waals surface area contributed by atoms with Crippen LogP contribution in [0, 0.1) is 22.7 Å². The summed E-state index contributed by atoms with van der Waals surface area (Å²) in [5.41, 5.74) is 1.88. The van der Waals surface area contributed by atoms with E-state index in [0.29, 0.717) is 12.2 Å². The Morgan fingerprint density at radius 2 is 1.62 bits per heavy atom. The summed E-state index contributed by atoms with van der Waals surface area (Å²) < 4.78 is 0. The monoisotopic (exact) mass is 218 g/mol. The average molecular weight is 218 g/mol. The predicted molar refractivity (Wildman–Crippen MR) is 69.0 cm³/mol. The van der Waals surface area contributed by atoms with Crippen LogP contribution in [0.4, 0.5) is 0 Å². The number of rotatable bonds is 0. The van der Waals surface area contributed by atoms with Gasteiger partial charge < -0.3 is 5.11 Å². The molecule has 0 atom stereocenters. The molecule has 1 aliphatic rings. The van der Waals surface area contributed by atoms with Gasteiger partial charge in [-0.2, -0.15) is 0 Å². The van der Waals surface area contributed by atoms with Crippen LogP contribution in [-0.4, -0.2) is 5.11 Å². The van der Waals surface area contributed by atoms with Gasteiger partial charge in [0.15, 0.2) is 0 Å². The van der Waals surface area contributed by atoms with Crippen LogP contribution in [0.1, 0.15) is 48.0 Å². The number of hydrogen-bond donors (Lipinski definition) is 1. The number of aliphatic hydroxyl groups is 1. The Morgan fingerprint density at radius 3 is 2.06 bits per heavy atom. The van der Waals surface area contributed by atoms with Crippen molar-refractivity contribution in [2.24, 2.45) is 10.8 Å². The molecule has 0 aromatic carbocycles. The standard InChI is InChI=1S/C15H22O/c1-14(2,3)11-9-7-8-10-12(13(11)16)15(4,5)6/h9,16H,10H2,1-6H3. The zero-order chi connectivity index (χ0) is 12.6. The third-order valence-corrected chi connectivity index (χ3v) is 2.84. The van der Waals surface area contributed by atoms with Gasteiger partial charge in [0.25, 0.3) is 0 Å². The van der Waals surface area contributed by atoms with E-state index in [2.05, 4.69) is 53.4 Å². The molecule has 0 aromatic rings. The van der Waals surface area contributed by atoms with E-state index in [-0.39, 0.29) is 10.8 Å². The first-order valence-electron chi connectivity index (χ1n) is 5.76. The highest BCUT2D eigenvalue weighted by molar-refractivity contribution is 5.44. The molecule has 0 spiro atoms. The minimum atomic E-state index is -0.0698. The molecule has 0 fully saturated rings. The Kier molecular flexibility index (Phi) is 3.24. The van der Waals surface area contributed by atoms with Gasteiger partial charge in [0, 0.05) is 12.0 Å². The predicted octanol–water partition coefficient (Wildman–Crippen LogP) is 4.22. The highest BCUT2D eigenvalue weighted by Crippen LogP contribution is 2.38. The van der Waals surface area contributed by atoms with Crippen molar-refractivity contribution in [2.45, 2.75) is 48.0 Å². The highest BCUT2D eigenvalue weighted by atomic mass is 16.3. The van der Waals surface area contributed by atoms with E-state index in [4.69, 9.17) is 0 Å². The molecule has 0 radical (unpaired) electrons. The quantitative estimate of drug-likeness (QED) is 0.603. The van der Waals surface area contributed by atoms with E-state index in [9.17, 15) is 5.11 Å². The van der Waals surface area contributed by atoms with Crippen molar-refractivity contribution < 1.29 is 5.11 Å². The van der Waals surface area contributed by atoms with Crippen molar-refractivity contribution in [1.82, 2.24) is 0 Å². The van der Waals surface area contributed by atoms with E-state index in [0.717, 1.165) is 11.1 Å². The largest absolute Gasteiger partial charge is 0.508 e. The van der Waals surface area contributed by atoms with E-state index in [1.165, 1.54) is 0 Å². The van der Waals surface area contributed by atoms with Gasteiger partial charge in [-0.3, -0.25) is 0 Å². The van der Waals surface area contributed by atoms with Gasteiger partial charge in [-0.15, -0.1) is 0 Å². The van der Waals surface area contributed by atoms with Gasteiger partial charge in [-0.25, -0.2) is 0 Å². The molecular weight excluding hydrogens is 196 g/mol. The lowest BCUT2D eigenvalue weighted by atomic mass is 9.78. The van der Waals surface area contributed by atoms with Crippen LogP contribution < -0.4 is 0 Å². The second-order valence-corrected chi connectivity index (χ2v) is 6.38. The lowest BCUT2D eigenvalue weighted by Crippen LogP contribution is -2.17. The summed E-state index contributed by atoms with van der Waals surface area (Å²) in [5, 5.41) is 10.4. The molecule has 1 rings (SSSR count). The lowest BCUT2D eigenvalue weighted by molar-refractivity contribution is 0.349. The number of aliphatic hydroxyl groups excluding tert-OH is 1. The molecule has 0 amide bonds. The van der Waals surface area contributed by atoms with Gasteiger partial charge in [0.2, 0.25) is 0 Å². The molecule has 1 N–H and O–H groups in total. The summed E-state index contributed by atoms with van der Waals surface area (Å²) in [6, 6.07) is 0. The Bertz CT molecular complexity index is 397. The van der Waals surface area contributed by atoms with Crippen LogP contribution in [-0.2, 0) is 0 Å². The van der Waals surface area contributed by atoms with Crippen LogP contribution >= 0.6 is 0 Å². The molecule has 1 nitrogen and oxygen atoms in total. The number of hydrogen-bond acceptors (Lipinski definition) is 1. The van der Waals surface area contributed by atoms with E-state index in [1.54, 1.807) is 0 Å². The second kappa shape index (κ2) is 4.01. The van der Waals surface area contributed by atoms with Crippen LogP contribution in [0.15, 0.2) is 23.0 Å². The first-order valence-corrected chi connectivity index (χ1v) is 5.76. The van der Waals surface area contributed by atoms with Gasteiger partial charge >= 0.3 is 0 Å². The second-order valence-electron chi connectivity index (χ2n) is 6.38. The summed E-state index contributed by atoms with van der Waals surface area (Å²) in [6.45, 7) is 12.6. The highest BCUT2D eigenvalue weighted by Gasteiger charge is 2.28. The Balaban J connectivity index is 3.33. The van der Waals surface area contributed by atoms with Gasteiger partial charge in [-0.05, 0) is 22.5 Å². The van der Waals surface area contributed by atoms with Crippen LogP contribution in [0.3, 0.4) is 0 Å². The van der Waals surface area contributed by atoms with E-state index >= 15 is 0 Å². The van der Waals surface area contributed by atoms with Gasteiger partial charge in [0.1, 0.15) is 5.76 Å². The molecule has 0 aliphatic heterocycles. The summed E-state index contributed by atoms with van der Waals surface area (Å²) in [7, 11) is 0. The Morgan fingerprint density at radius 1 is 1.06 bits per heavy atom. The molecule has 16 heavy (non-hydrogen) atoms. The summed E-state index contributed by atoms with van der Waals surface area (Å²) >= 11 is 0. The molecule has 0 saturated heterocycles. The fraction of sp³-hybridized carbons (Fsp3) is 0.600. The maximum Gasteiger partial charge on any atom is 0.120 e. The molecule has 0 unspecified atom stereocenters. The van der Waals surface area contributed by atoms with Crippen LogP contribution in [0.5, 0.6) is 0 Å². The smallest absolute Gasteiger partial charge is 0.120 e. The maximum absolute atomic E-state index is 10.4. The third-order valence-electron chi connectivity index (χ3n) is 2.84. The zero-order valence-corrected chi connectivity index (χ0v) is 11.2. The van der Waals surface area contributed by atoms with Gasteiger partial charge in [-0.1, -0.05) is 53.4 Å². The summed E-state index contributed by atoms with van der Waals surface area (Å²) in [6.07, 6.45) is 2.51. The normalized spacial score (nSPS) is 17.5. The van der Waals surface area contributed by atoms with E-state index < -0.39 is 0 Å². The zero-order valence-electron chi connectivity index (χ0n) is 11.2. The fourth-order valence-corrected chi connectivity index (χ4v) is 1.77. The van der Waals surface area contributed by atoms with Crippen molar-refractivity contribution in [2.75, 3.05) is 0 Å². The molecule has 88 valence electrons. The minimum Gasteiger partial charge on any atom is -0.508 e. The first kappa shape index (κ1) is 12.9. The molecule has 0 saturated carbocycles. The average Bonchev–Trinajstić information content (AvgIpc) is 2.23. The molecular formula is C15H22O. The Labute approximate surface area is 99.3 Å². The van der Waals surface area contributed by atoms with Crippen LogP contribution in [0.25, 0.3) is 0 Å². The van der Waals surface area contributed by atoms with Gasteiger partial charge in [0.05, 0.1) is 0 Å². The van der Waals surface area contributed by atoms with Crippen molar-refractivity contribution in [3.8, 4) is 11.8 Å². The SMILES string of the molecule is CC(C)(C)C1=CC#CCC(C(C)(C)C)=C1O. The van der Waals surface area contributed by atoms with Crippen molar-refractivity contribution in [3.05, 3.63) is 23.0 Å². The molecule has 1 aliphatic carbocycles. The van der Waals surface area contributed by atoms with Crippen molar-refractivity contribution in [3.63, 3.8) is 0 Å².